The maximum Gasteiger partial charge on any atom is 0.243 e. The minimum atomic E-state index is -0.945. The third-order valence-electron chi connectivity index (χ3n) is 2.81. The van der Waals surface area contributed by atoms with Crippen LogP contribution in [0, 0.1) is 11.6 Å². The van der Waals surface area contributed by atoms with Gasteiger partial charge in [-0.25, -0.2) is 8.78 Å². The van der Waals surface area contributed by atoms with E-state index in [9.17, 15) is 8.78 Å². The summed E-state index contributed by atoms with van der Waals surface area (Å²) in [7, 11) is 0. The standard InChI is InChI=1S/C13H15F2N3O/c1-2-3-4-11(16)13-17-12(18-19-13)8-5-6-9(14)10(15)7-8/h5-7,11H,2-4,16H2,1H3. The molecule has 0 fully saturated rings. The summed E-state index contributed by atoms with van der Waals surface area (Å²) >= 11 is 0. The van der Waals surface area contributed by atoms with Crippen LogP contribution in [0.1, 0.15) is 38.1 Å². The van der Waals surface area contributed by atoms with Crippen molar-refractivity contribution >= 4 is 0 Å². The monoisotopic (exact) mass is 267 g/mol. The van der Waals surface area contributed by atoms with Crippen molar-refractivity contribution in [1.29, 1.82) is 0 Å². The molecule has 2 N–H and O–H groups in total. The normalized spacial score (nSPS) is 12.6. The summed E-state index contributed by atoms with van der Waals surface area (Å²) < 4.78 is 31.0. The van der Waals surface area contributed by atoms with E-state index in [-0.39, 0.29) is 11.9 Å². The molecule has 6 heteroatoms. The zero-order valence-electron chi connectivity index (χ0n) is 10.6. The highest BCUT2D eigenvalue weighted by molar-refractivity contribution is 5.54. The van der Waals surface area contributed by atoms with Gasteiger partial charge in [0.25, 0.3) is 0 Å². The fourth-order valence-corrected chi connectivity index (χ4v) is 1.69. The summed E-state index contributed by atoms with van der Waals surface area (Å²) in [6.45, 7) is 2.06. The Bertz CT molecular complexity index is 557. The molecule has 0 aliphatic rings. The van der Waals surface area contributed by atoms with E-state index < -0.39 is 11.6 Å². The predicted molar refractivity (Wildman–Crippen MR) is 66.1 cm³/mol. The van der Waals surface area contributed by atoms with Crippen molar-refractivity contribution in [1.82, 2.24) is 10.1 Å². The van der Waals surface area contributed by atoms with Crippen molar-refractivity contribution < 1.29 is 13.3 Å². The van der Waals surface area contributed by atoms with E-state index in [0.29, 0.717) is 11.5 Å². The molecular formula is C13H15F2N3O. The second kappa shape index (κ2) is 5.88. The van der Waals surface area contributed by atoms with Gasteiger partial charge in [0.15, 0.2) is 11.6 Å². The highest BCUT2D eigenvalue weighted by Crippen LogP contribution is 2.21. The number of rotatable bonds is 5. The Hall–Kier alpha value is -1.82. The number of unbranched alkanes of at least 4 members (excludes halogenated alkanes) is 1. The molecule has 1 atom stereocenters. The fraction of sp³-hybridized carbons (Fsp3) is 0.385. The molecule has 1 aromatic heterocycles. The van der Waals surface area contributed by atoms with Gasteiger partial charge in [0.2, 0.25) is 11.7 Å². The highest BCUT2D eigenvalue weighted by Gasteiger charge is 2.16. The molecule has 2 rings (SSSR count). The first-order valence-electron chi connectivity index (χ1n) is 6.16. The van der Waals surface area contributed by atoms with Crippen molar-refractivity contribution in [3.8, 4) is 11.4 Å². The first-order valence-corrected chi connectivity index (χ1v) is 6.16. The molecule has 2 aromatic rings. The highest BCUT2D eigenvalue weighted by atomic mass is 19.2. The van der Waals surface area contributed by atoms with Crippen LogP contribution in [0.15, 0.2) is 22.7 Å². The third kappa shape index (κ3) is 3.14. The maximum atomic E-state index is 13.1. The van der Waals surface area contributed by atoms with Crippen molar-refractivity contribution in [3.63, 3.8) is 0 Å². The van der Waals surface area contributed by atoms with E-state index in [1.54, 1.807) is 0 Å². The maximum absolute atomic E-state index is 13.1. The molecule has 0 amide bonds. The molecule has 4 nitrogen and oxygen atoms in total. The number of hydrogen-bond acceptors (Lipinski definition) is 4. The minimum Gasteiger partial charge on any atom is -0.337 e. The fourth-order valence-electron chi connectivity index (χ4n) is 1.69. The Labute approximate surface area is 109 Å². The van der Waals surface area contributed by atoms with Gasteiger partial charge in [0, 0.05) is 5.56 Å². The van der Waals surface area contributed by atoms with Gasteiger partial charge in [-0.05, 0) is 24.6 Å². The largest absolute Gasteiger partial charge is 0.337 e. The van der Waals surface area contributed by atoms with Gasteiger partial charge in [-0.3, -0.25) is 0 Å². The van der Waals surface area contributed by atoms with E-state index in [2.05, 4.69) is 17.1 Å². The zero-order chi connectivity index (χ0) is 13.8. The smallest absolute Gasteiger partial charge is 0.243 e. The van der Waals surface area contributed by atoms with Crippen LogP contribution < -0.4 is 5.73 Å². The lowest BCUT2D eigenvalue weighted by Crippen LogP contribution is -2.10. The Kier molecular flexibility index (Phi) is 4.21. The first kappa shape index (κ1) is 13.6. The predicted octanol–water partition coefficient (Wildman–Crippen LogP) is 3.20. The van der Waals surface area contributed by atoms with Crippen molar-refractivity contribution in [3.05, 3.63) is 35.7 Å². The zero-order valence-corrected chi connectivity index (χ0v) is 10.6. The number of nitrogens with zero attached hydrogens (tertiary/aromatic N) is 2. The van der Waals surface area contributed by atoms with Gasteiger partial charge < -0.3 is 10.3 Å². The average molecular weight is 267 g/mol. The molecule has 1 heterocycles. The molecule has 1 unspecified atom stereocenters. The van der Waals surface area contributed by atoms with Crippen LogP contribution in [0.2, 0.25) is 0 Å². The Morgan fingerprint density at radius 3 is 2.79 bits per heavy atom. The van der Waals surface area contributed by atoms with E-state index >= 15 is 0 Å². The molecule has 19 heavy (non-hydrogen) atoms. The SMILES string of the molecule is CCCCC(N)c1nc(-c2ccc(F)c(F)c2)no1. The minimum absolute atomic E-state index is 0.209. The van der Waals surface area contributed by atoms with Crippen LogP contribution in [0.25, 0.3) is 11.4 Å². The molecule has 0 spiro atoms. The molecule has 102 valence electrons. The second-order valence-corrected chi connectivity index (χ2v) is 4.33. The van der Waals surface area contributed by atoms with E-state index in [1.165, 1.54) is 6.07 Å². The molecule has 0 bridgehead atoms. The summed E-state index contributed by atoms with van der Waals surface area (Å²) in [5, 5.41) is 3.73. The van der Waals surface area contributed by atoms with Gasteiger partial charge in [-0.2, -0.15) is 4.98 Å². The topological polar surface area (TPSA) is 64.9 Å². The quantitative estimate of drug-likeness (QED) is 0.903. The van der Waals surface area contributed by atoms with Crippen molar-refractivity contribution in [2.75, 3.05) is 0 Å². The van der Waals surface area contributed by atoms with Gasteiger partial charge >= 0.3 is 0 Å². The number of benzene rings is 1. The van der Waals surface area contributed by atoms with Crippen LogP contribution in [0.5, 0.6) is 0 Å². The molecule has 1 aromatic carbocycles. The molecule has 0 saturated carbocycles. The lowest BCUT2D eigenvalue weighted by Gasteiger charge is -2.03. The Morgan fingerprint density at radius 2 is 2.11 bits per heavy atom. The lowest BCUT2D eigenvalue weighted by molar-refractivity contribution is 0.346. The van der Waals surface area contributed by atoms with Crippen LogP contribution in [0.4, 0.5) is 8.78 Å². The molecule has 0 saturated heterocycles. The van der Waals surface area contributed by atoms with Gasteiger partial charge in [0.1, 0.15) is 0 Å². The van der Waals surface area contributed by atoms with Gasteiger partial charge in [-0.1, -0.05) is 24.9 Å². The number of nitrogens with two attached hydrogens (primary N) is 1. The Balaban J connectivity index is 2.18. The van der Waals surface area contributed by atoms with Crippen molar-refractivity contribution in [2.24, 2.45) is 5.73 Å². The summed E-state index contributed by atoms with van der Waals surface area (Å²) in [6.07, 6.45) is 2.73. The molecular weight excluding hydrogens is 252 g/mol. The summed E-state index contributed by atoms with van der Waals surface area (Å²) in [5.41, 5.74) is 6.25. The van der Waals surface area contributed by atoms with E-state index in [0.717, 1.165) is 31.4 Å². The van der Waals surface area contributed by atoms with Gasteiger partial charge in [-0.15, -0.1) is 0 Å². The molecule has 0 radical (unpaired) electrons. The Morgan fingerprint density at radius 1 is 1.32 bits per heavy atom. The van der Waals surface area contributed by atoms with Crippen molar-refractivity contribution in [2.45, 2.75) is 32.2 Å². The van der Waals surface area contributed by atoms with Crippen LogP contribution in [0.3, 0.4) is 0 Å². The summed E-state index contributed by atoms with van der Waals surface area (Å²) in [5.74, 6) is -1.33. The second-order valence-electron chi connectivity index (χ2n) is 4.33. The molecule has 0 aliphatic carbocycles. The van der Waals surface area contributed by atoms with Gasteiger partial charge in [0.05, 0.1) is 6.04 Å². The van der Waals surface area contributed by atoms with E-state index in [1.807, 2.05) is 0 Å². The molecule has 0 aliphatic heterocycles. The number of halogens is 2. The first-order chi connectivity index (χ1) is 9.11. The van der Waals surface area contributed by atoms with E-state index in [4.69, 9.17) is 10.3 Å². The number of hydrogen-bond donors (Lipinski definition) is 1. The average Bonchev–Trinajstić information content (AvgIpc) is 2.89. The summed E-state index contributed by atoms with van der Waals surface area (Å²) in [6, 6.07) is 3.12. The third-order valence-corrected chi connectivity index (χ3v) is 2.81. The van der Waals surface area contributed by atoms with Crippen LogP contribution >= 0.6 is 0 Å². The van der Waals surface area contributed by atoms with Crippen LogP contribution in [-0.2, 0) is 0 Å². The van der Waals surface area contributed by atoms with Crippen LogP contribution in [-0.4, -0.2) is 10.1 Å². The lowest BCUT2D eigenvalue weighted by atomic mass is 10.1. The summed E-state index contributed by atoms with van der Waals surface area (Å²) in [4.78, 5) is 4.11. The number of aromatic nitrogens is 2.